The monoisotopic (exact) mass is 280 g/mol. The van der Waals surface area contributed by atoms with Crippen molar-refractivity contribution in [2.24, 2.45) is 0 Å². The maximum Gasteiger partial charge on any atom is 0.335 e. The summed E-state index contributed by atoms with van der Waals surface area (Å²) in [5.41, 5.74) is 1.80. The van der Waals surface area contributed by atoms with Crippen LogP contribution in [0.1, 0.15) is 17.5 Å². The predicted octanol–water partition coefficient (Wildman–Crippen LogP) is 1.07. The first-order valence-corrected chi connectivity index (χ1v) is 6.32. The molecular formula is C14H16O6. The smallest absolute Gasteiger partial charge is 0.335 e. The topological polar surface area (TPSA) is 93.1 Å². The largest absolute Gasteiger partial charge is 0.481 e. The SMILES string of the molecule is O=C(O)CCc1ccccc1CC1OCOC1C(=O)O. The van der Waals surface area contributed by atoms with Crippen LogP contribution in [0.3, 0.4) is 0 Å². The van der Waals surface area contributed by atoms with Crippen LogP contribution in [-0.4, -0.2) is 41.2 Å². The van der Waals surface area contributed by atoms with Crippen LogP contribution in [0.5, 0.6) is 0 Å². The van der Waals surface area contributed by atoms with Gasteiger partial charge in [0.1, 0.15) is 12.9 Å². The lowest BCUT2D eigenvalue weighted by atomic mass is 9.96. The Morgan fingerprint density at radius 1 is 1.15 bits per heavy atom. The fourth-order valence-corrected chi connectivity index (χ4v) is 2.25. The van der Waals surface area contributed by atoms with Gasteiger partial charge in [-0.05, 0) is 17.5 Å². The van der Waals surface area contributed by atoms with Gasteiger partial charge in [0, 0.05) is 12.8 Å². The lowest BCUT2D eigenvalue weighted by Crippen LogP contribution is -2.32. The first kappa shape index (κ1) is 14.5. The lowest BCUT2D eigenvalue weighted by Gasteiger charge is -2.15. The van der Waals surface area contributed by atoms with Gasteiger partial charge in [0.05, 0.1) is 0 Å². The first-order chi connectivity index (χ1) is 9.58. The molecule has 1 aliphatic heterocycles. The molecule has 1 aliphatic rings. The second-order valence-corrected chi connectivity index (χ2v) is 4.62. The van der Waals surface area contributed by atoms with Crippen molar-refractivity contribution < 1.29 is 29.3 Å². The van der Waals surface area contributed by atoms with E-state index in [9.17, 15) is 9.59 Å². The summed E-state index contributed by atoms with van der Waals surface area (Å²) >= 11 is 0. The van der Waals surface area contributed by atoms with E-state index >= 15 is 0 Å². The molecule has 1 fully saturated rings. The molecule has 1 aromatic rings. The number of aliphatic carboxylic acids is 2. The highest BCUT2D eigenvalue weighted by molar-refractivity contribution is 5.73. The van der Waals surface area contributed by atoms with Crippen molar-refractivity contribution in [3.8, 4) is 0 Å². The van der Waals surface area contributed by atoms with Gasteiger partial charge in [-0.15, -0.1) is 0 Å². The minimum atomic E-state index is -1.05. The first-order valence-electron chi connectivity index (χ1n) is 6.32. The maximum atomic E-state index is 11.0. The number of ether oxygens (including phenoxy) is 2. The molecule has 2 unspecified atom stereocenters. The molecule has 0 bridgehead atoms. The number of hydrogen-bond donors (Lipinski definition) is 2. The standard InChI is InChI=1S/C14H16O6/c15-12(16)6-5-9-3-1-2-4-10(9)7-11-13(14(17)18)20-8-19-11/h1-4,11,13H,5-8H2,(H,15,16)(H,17,18). The van der Waals surface area contributed by atoms with Gasteiger partial charge in [-0.2, -0.15) is 0 Å². The second-order valence-electron chi connectivity index (χ2n) is 4.62. The Morgan fingerprint density at radius 3 is 2.50 bits per heavy atom. The van der Waals surface area contributed by atoms with E-state index in [0.717, 1.165) is 11.1 Å². The summed E-state index contributed by atoms with van der Waals surface area (Å²) in [7, 11) is 0. The molecule has 1 aromatic carbocycles. The quantitative estimate of drug-likeness (QED) is 0.809. The summed E-state index contributed by atoms with van der Waals surface area (Å²) in [5, 5.41) is 17.8. The zero-order valence-electron chi connectivity index (χ0n) is 10.8. The molecule has 6 nitrogen and oxygen atoms in total. The minimum Gasteiger partial charge on any atom is -0.481 e. The molecule has 20 heavy (non-hydrogen) atoms. The molecule has 0 amide bonds. The predicted molar refractivity (Wildman–Crippen MR) is 68.4 cm³/mol. The molecule has 6 heteroatoms. The normalized spacial score (nSPS) is 21.8. The molecule has 0 saturated carbocycles. The molecule has 2 atom stereocenters. The van der Waals surface area contributed by atoms with Gasteiger partial charge in [0.2, 0.25) is 0 Å². The van der Waals surface area contributed by atoms with Crippen molar-refractivity contribution in [3.63, 3.8) is 0 Å². The fraction of sp³-hybridized carbons (Fsp3) is 0.429. The molecular weight excluding hydrogens is 264 g/mol. The fourth-order valence-electron chi connectivity index (χ4n) is 2.25. The number of hydrogen-bond acceptors (Lipinski definition) is 4. The van der Waals surface area contributed by atoms with Crippen molar-refractivity contribution in [2.45, 2.75) is 31.5 Å². The minimum absolute atomic E-state index is 0.0288. The molecule has 108 valence electrons. The van der Waals surface area contributed by atoms with E-state index < -0.39 is 24.1 Å². The van der Waals surface area contributed by atoms with E-state index in [1.54, 1.807) is 0 Å². The number of carbonyl (C=O) groups is 2. The Morgan fingerprint density at radius 2 is 1.85 bits per heavy atom. The van der Waals surface area contributed by atoms with Crippen LogP contribution in [0.4, 0.5) is 0 Å². The van der Waals surface area contributed by atoms with Crippen molar-refractivity contribution in [2.75, 3.05) is 6.79 Å². The van der Waals surface area contributed by atoms with Gasteiger partial charge in [0.15, 0.2) is 6.10 Å². The van der Waals surface area contributed by atoms with Crippen LogP contribution in [0.15, 0.2) is 24.3 Å². The van der Waals surface area contributed by atoms with Crippen LogP contribution in [-0.2, 0) is 31.9 Å². The summed E-state index contributed by atoms with van der Waals surface area (Å²) < 4.78 is 10.3. The summed E-state index contributed by atoms with van der Waals surface area (Å²) in [6.45, 7) is -0.0288. The van der Waals surface area contributed by atoms with Crippen LogP contribution < -0.4 is 0 Å². The molecule has 1 saturated heterocycles. The Balaban J connectivity index is 2.08. The van der Waals surface area contributed by atoms with Gasteiger partial charge in [-0.1, -0.05) is 24.3 Å². The highest BCUT2D eigenvalue weighted by Gasteiger charge is 2.35. The Hall–Kier alpha value is -1.92. The van der Waals surface area contributed by atoms with E-state index in [2.05, 4.69) is 0 Å². The highest BCUT2D eigenvalue weighted by atomic mass is 16.7. The van der Waals surface area contributed by atoms with Crippen molar-refractivity contribution >= 4 is 11.9 Å². The molecule has 0 spiro atoms. The van der Waals surface area contributed by atoms with Crippen LogP contribution in [0.25, 0.3) is 0 Å². The third-order valence-corrected chi connectivity index (χ3v) is 3.26. The average molecular weight is 280 g/mol. The van der Waals surface area contributed by atoms with E-state index in [1.807, 2.05) is 24.3 Å². The van der Waals surface area contributed by atoms with Gasteiger partial charge in [-0.3, -0.25) is 4.79 Å². The molecule has 2 rings (SSSR count). The van der Waals surface area contributed by atoms with Crippen LogP contribution in [0, 0.1) is 0 Å². The Bertz CT molecular complexity index is 498. The number of carboxylic acids is 2. The third kappa shape index (κ3) is 3.55. The molecule has 2 N–H and O–H groups in total. The van der Waals surface area contributed by atoms with E-state index in [4.69, 9.17) is 19.7 Å². The van der Waals surface area contributed by atoms with E-state index in [1.165, 1.54) is 0 Å². The van der Waals surface area contributed by atoms with Gasteiger partial charge < -0.3 is 19.7 Å². The molecule has 0 aromatic heterocycles. The Labute approximate surface area is 115 Å². The highest BCUT2D eigenvalue weighted by Crippen LogP contribution is 2.21. The Kier molecular flexibility index (Phi) is 4.70. The molecule has 0 aliphatic carbocycles. The second kappa shape index (κ2) is 6.49. The average Bonchev–Trinajstić information content (AvgIpc) is 2.86. The van der Waals surface area contributed by atoms with Crippen molar-refractivity contribution in [3.05, 3.63) is 35.4 Å². The van der Waals surface area contributed by atoms with Gasteiger partial charge in [-0.25, -0.2) is 4.79 Å². The van der Waals surface area contributed by atoms with Crippen molar-refractivity contribution in [1.29, 1.82) is 0 Å². The zero-order chi connectivity index (χ0) is 14.5. The van der Waals surface area contributed by atoms with E-state index in [-0.39, 0.29) is 13.2 Å². The number of benzene rings is 1. The number of aryl methyl sites for hydroxylation is 1. The van der Waals surface area contributed by atoms with Crippen LogP contribution >= 0.6 is 0 Å². The summed E-state index contributed by atoms with van der Waals surface area (Å²) in [4.78, 5) is 21.7. The molecule has 0 radical (unpaired) electrons. The lowest BCUT2D eigenvalue weighted by molar-refractivity contribution is -0.147. The summed E-state index contributed by atoms with van der Waals surface area (Å²) in [6, 6.07) is 7.38. The maximum absolute atomic E-state index is 11.0. The third-order valence-electron chi connectivity index (χ3n) is 3.26. The van der Waals surface area contributed by atoms with E-state index in [0.29, 0.717) is 12.8 Å². The summed E-state index contributed by atoms with van der Waals surface area (Å²) in [6.07, 6.45) is -0.661. The zero-order valence-corrected chi connectivity index (χ0v) is 10.8. The number of rotatable bonds is 6. The van der Waals surface area contributed by atoms with Crippen molar-refractivity contribution in [1.82, 2.24) is 0 Å². The van der Waals surface area contributed by atoms with Crippen LogP contribution in [0.2, 0.25) is 0 Å². The number of carboxylic acid groups (broad SMARTS) is 2. The van der Waals surface area contributed by atoms with Gasteiger partial charge in [0.25, 0.3) is 0 Å². The summed E-state index contributed by atoms with van der Waals surface area (Å²) in [5.74, 6) is -1.90. The van der Waals surface area contributed by atoms with Gasteiger partial charge >= 0.3 is 11.9 Å². The molecule has 1 heterocycles.